The average molecular weight is 446 g/mol. The molecule has 9 heteroatoms. The van der Waals surface area contributed by atoms with Crippen molar-refractivity contribution in [3.8, 4) is 11.5 Å². The van der Waals surface area contributed by atoms with E-state index < -0.39 is 16.1 Å². The minimum absolute atomic E-state index is 0.220. The fourth-order valence-electron chi connectivity index (χ4n) is 3.56. The quantitative estimate of drug-likeness (QED) is 0.554. The van der Waals surface area contributed by atoms with Gasteiger partial charge in [-0.3, -0.25) is 0 Å². The first-order valence-corrected chi connectivity index (χ1v) is 11.4. The largest absolute Gasteiger partial charge is 0.493 e. The Hall–Kier alpha value is -2.84. The van der Waals surface area contributed by atoms with Crippen molar-refractivity contribution in [1.29, 1.82) is 0 Å². The van der Waals surface area contributed by atoms with Crippen LogP contribution < -0.4 is 9.47 Å². The van der Waals surface area contributed by atoms with Crippen molar-refractivity contribution in [2.24, 2.45) is 5.10 Å². The number of hydrogen-bond donors (Lipinski definition) is 0. The van der Waals surface area contributed by atoms with Gasteiger partial charge in [0.25, 0.3) is 0 Å². The number of ether oxygens (including phenoxy) is 2. The van der Waals surface area contributed by atoms with Crippen LogP contribution in [0.2, 0.25) is 5.15 Å². The first-order chi connectivity index (χ1) is 14.3. The summed E-state index contributed by atoms with van der Waals surface area (Å²) < 4.78 is 36.8. The molecule has 0 fully saturated rings. The van der Waals surface area contributed by atoms with Gasteiger partial charge >= 0.3 is 0 Å². The minimum atomic E-state index is -3.62. The van der Waals surface area contributed by atoms with Crippen LogP contribution in [-0.2, 0) is 10.0 Å². The highest BCUT2D eigenvalue weighted by Gasteiger charge is 2.36. The number of halogens is 1. The van der Waals surface area contributed by atoms with E-state index in [0.717, 1.165) is 21.6 Å². The van der Waals surface area contributed by atoms with Crippen LogP contribution in [0.15, 0.2) is 53.6 Å². The Morgan fingerprint density at radius 1 is 1.07 bits per heavy atom. The topological polar surface area (TPSA) is 81.1 Å². The van der Waals surface area contributed by atoms with Crippen LogP contribution in [0.5, 0.6) is 11.5 Å². The van der Waals surface area contributed by atoms with E-state index in [1.54, 1.807) is 26.4 Å². The maximum atomic E-state index is 12.5. The van der Waals surface area contributed by atoms with Crippen LogP contribution in [0.4, 0.5) is 0 Å². The SMILES string of the molecule is COc1cc2cc(C3CC(c4ccccc4)=NN3S(C)(=O)=O)c(Cl)nc2cc1OC. The summed E-state index contributed by atoms with van der Waals surface area (Å²) in [5.74, 6) is 1.09. The van der Waals surface area contributed by atoms with Gasteiger partial charge in [0.2, 0.25) is 10.0 Å². The molecule has 0 aliphatic carbocycles. The van der Waals surface area contributed by atoms with E-state index in [2.05, 4.69) is 10.1 Å². The Labute approximate surface area is 179 Å². The van der Waals surface area contributed by atoms with Gasteiger partial charge in [0.1, 0.15) is 5.15 Å². The third-order valence-electron chi connectivity index (χ3n) is 4.98. The lowest BCUT2D eigenvalue weighted by atomic mass is 9.99. The highest BCUT2D eigenvalue weighted by molar-refractivity contribution is 7.88. The second-order valence-electron chi connectivity index (χ2n) is 6.94. The van der Waals surface area contributed by atoms with Gasteiger partial charge in [-0.2, -0.15) is 9.52 Å². The summed E-state index contributed by atoms with van der Waals surface area (Å²) in [7, 11) is -0.521. The molecule has 0 spiro atoms. The standard InChI is InChI=1S/C21H20ClN3O4S/c1-28-19-10-14-9-15(21(22)23-16(14)12-20(19)29-2)18-11-17(13-7-5-4-6-8-13)24-25(18)30(3,26)27/h4-10,12,18H,11H2,1-3H3. The summed E-state index contributed by atoms with van der Waals surface area (Å²) >= 11 is 6.51. The summed E-state index contributed by atoms with van der Waals surface area (Å²) in [6, 6.07) is 14.2. The third-order valence-corrected chi connectivity index (χ3v) is 6.30. The van der Waals surface area contributed by atoms with E-state index >= 15 is 0 Å². The molecule has 0 saturated heterocycles. The molecule has 30 heavy (non-hydrogen) atoms. The van der Waals surface area contributed by atoms with Gasteiger partial charge in [-0.25, -0.2) is 13.4 Å². The molecule has 1 aromatic heterocycles. The van der Waals surface area contributed by atoms with E-state index in [9.17, 15) is 8.42 Å². The van der Waals surface area contributed by atoms with Crippen LogP contribution in [0, 0.1) is 0 Å². The molecule has 1 aliphatic rings. The number of hydrazone groups is 1. The Bertz CT molecular complexity index is 1250. The molecular weight excluding hydrogens is 426 g/mol. The number of methoxy groups -OCH3 is 2. The van der Waals surface area contributed by atoms with Gasteiger partial charge in [-0.05, 0) is 17.7 Å². The van der Waals surface area contributed by atoms with Crippen LogP contribution in [0.1, 0.15) is 23.6 Å². The van der Waals surface area contributed by atoms with Crippen LogP contribution in [0.25, 0.3) is 10.9 Å². The minimum Gasteiger partial charge on any atom is -0.493 e. The molecule has 0 N–H and O–H groups in total. The summed E-state index contributed by atoms with van der Waals surface area (Å²) in [6.45, 7) is 0. The number of aromatic nitrogens is 1. The number of rotatable bonds is 5. The van der Waals surface area contributed by atoms with E-state index in [1.165, 1.54) is 0 Å². The lowest BCUT2D eigenvalue weighted by Gasteiger charge is -2.22. The maximum absolute atomic E-state index is 12.5. The second-order valence-corrected chi connectivity index (χ2v) is 9.13. The molecule has 156 valence electrons. The molecule has 0 amide bonds. The fraction of sp³-hybridized carbons (Fsp3) is 0.238. The molecule has 0 saturated carbocycles. The number of fused-ring (bicyclic) bond motifs is 1. The van der Waals surface area contributed by atoms with E-state index in [1.807, 2.05) is 36.4 Å². The molecule has 0 bridgehead atoms. The molecule has 7 nitrogen and oxygen atoms in total. The van der Waals surface area contributed by atoms with Gasteiger partial charge in [-0.15, -0.1) is 0 Å². The number of sulfonamides is 1. The number of hydrogen-bond acceptors (Lipinski definition) is 6. The zero-order valence-corrected chi connectivity index (χ0v) is 18.2. The summed E-state index contributed by atoms with van der Waals surface area (Å²) in [6.07, 6.45) is 1.52. The van der Waals surface area contributed by atoms with Gasteiger partial charge in [0.05, 0.1) is 37.7 Å². The lowest BCUT2D eigenvalue weighted by molar-refractivity contribution is 0.355. The van der Waals surface area contributed by atoms with E-state index in [-0.39, 0.29) is 5.15 Å². The Morgan fingerprint density at radius 3 is 2.37 bits per heavy atom. The van der Waals surface area contributed by atoms with Gasteiger partial charge in [0.15, 0.2) is 11.5 Å². The fourth-order valence-corrected chi connectivity index (χ4v) is 4.73. The normalized spacial score (nSPS) is 16.6. The van der Waals surface area contributed by atoms with Crippen LogP contribution in [-0.4, -0.2) is 44.0 Å². The average Bonchev–Trinajstić information content (AvgIpc) is 3.19. The Morgan fingerprint density at radius 2 is 1.73 bits per heavy atom. The molecule has 1 aliphatic heterocycles. The van der Waals surface area contributed by atoms with Gasteiger partial charge < -0.3 is 9.47 Å². The molecule has 4 rings (SSSR count). The van der Waals surface area contributed by atoms with Crippen molar-refractivity contribution in [3.63, 3.8) is 0 Å². The third kappa shape index (κ3) is 3.68. The van der Waals surface area contributed by atoms with Crippen molar-refractivity contribution >= 4 is 38.2 Å². The monoisotopic (exact) mass is 445 g/mol. The first-order valence-electron chi connectivity index (χ1n) is 9.16. The number of nitrogens with zero attached hydrogens (tertiary/aromatic N) is 3. The van der Waals surface area contributed by atoms with Gasteiger partial charge in [-0.1, -0.05) is 41.9 Å². The maximum Gasteiger partial charge on any atom is 0.247 e. The van der Waals surface area contributed by atoms with Crippen molar-refractivity contribution in [1.82, 2.24) is 9.40 Å². The molecule has 1 atom stereocenters. The summed E-state index contributed by atoms with van der Waals surface area (Å²) in [5, 5.41) is 5.38. The van der Waals surface area contributed by atoms with Gasteiger partial charge in [0, 0.05) is 23.4 Å². The molecular formula is C21H20ClN3O4S. The molecule has 1 unspecified atom stereocenters. The Kier molecular flexibility index (Phi) is 5.29. The second kappa shape index (κ2) is 7.77. The van der Waals surface area contributed by atoms with Crippen molar-refractivity contribution in [2.45, 2.75) is 12.5 Å². The molecule has 0 radical (unpaired) electrons. The molecule has 2 aromatic carbocycles. The van der Waals surface area contributed by atoms with Crippen LogP contribution in [0.3, 0.4) is 0 Å². The van der Waals surface area contributed by atoms with Crippen molar-refractivity contribution < 1.29 is 17.9 Å². The number of benzene rings is 2. The molecule has 2 heterocycles. The van der Waals surface area contributed by atoms with Crippen molar-refractivity contribution in [3.05, 3.63) is 64.8 Å². The summed E-state index contributed by atoms with van der Waals surface area (Å²) in [4.78, 5) is 4.48. The highest BCUT2D eigenvalue weighted by Crippen LogP contribution is 2.40. The smallest absolute Gasteiger partial charge is 0.247 e. The first kappa shape index (κ1) is 20.4. The zero-order chi connectivity index (χ0) is 21.5. The zero-order valence-electron chi connectivity index (χ0n) is 16.7. The predicted octanol–water partition coefficient (Wildman–Crippen LogP) is 4.02. The summed E-state index contributed by atoms with van der Waals surface area (Å²) in [5.41, 5.74) is 2.74. The predicted molar refractivity (Wildman–Crippen MR) is 117 cm³/mol. The lowest BCUT2D eigenvalue weighted by Crippen LogP contribution is -2.26. The molecule has 3 aromatic rings. The van der Waals surface area contributed by atoms with Crippen molar-refractivity contribution in [2.75, 3.05) is 20.5 Å². The Balaban J connectivity index is 1.83. The number of pyridine rings is 1. The van der Waals surface area contributed by atoms with Crippen LogP contribution >= 0.6 is 11.6 Å². The highest BCUT2D eigenvalue weighted by atomic mass is 35.5. The van der Waals surface area contributed by atoms with E-state index in [4.69, 9.17) is 21.1 Å². The van der Waals surface area contributed by atoms with E-state index in [0.29, 0.717) is 34.7 Å².